The van der Waals surface area contributed by atoms with Gasteiger partial charge in [0.25, 0.3) is 5.91 Å². The Morgan fingerprint density at radius 2 is 2.20 bits per heavy atom. The topological polar surface area (TPSA) is 45.2 Å². The highest BCUT2D eigenvalue weighted by atomic mass is 32.1. The van der Waals surface area contributed by atoms with E-state index in [1.54, 1.807) is 11.3 Å². The maximum Gasteiger partial charge on any atom is 0.257 e. The van der Waals surface area contributed by atoms with Crippen LogP contribution in [-0.2, 0) is 13.0 Å². The first-order valence-electron chi connectivity index (χ1n) is 6.67. The molecule has 0 atom stereocenters. The predicted octanol–water partition coefficient (Wildman–Crippen LogP) is 2.69. The summed E-state index contributed by atoms with van der Waals surface area (Å²) >= 11 is 1.58. The van der Waals surface area contributed by atoms with Crippen LogP contribution in [0.5, 0.6) is 0 Å². The smallest absolute Gasteiger partial charge is 0.257 e. The number of aryl methyl sites for hydroxylation is 1. The maximum atomic E-state index is 12.3. The summed E-state index contributed by atoms with van der Waals surface area (Å²) in [6.07, 6.45) is 0.961. The maximum absolute atomic E-state index is 12.3. The summed E-state index contributed by atoms with van der Waals surface area (Å²) in [7, 11) is 2.11. The van der Waals surface area contributed by atoms with Crippen LogP contribution in [-0.4, -0.2) is 29.4 Å². The summed E-state index contributed by atoms with van der Waals surface area (Å²) in [6, 6.07) is 7.59. The number of rotatable bonds is 2. The van der Waals surface area contributed by atoms with Gasteiger partial charge in [-0.1, -0.05) is 18.2 Å². The number of nitrogens with zero attached hydrogens (tertiary/aromatic N) is 2. The van der Waals surface area contributed by atoms with Crippen molar-refractivity contribution in [2.24, 2.45) is 0 Å². The average molecular weight is 287 g/mol. The summed E-state index contributed by atoms with van der Waals surface area (Å²) in [5.41, 5.74) is 2.82. The monoisotopic (exact) mass is 287 g/mol. The molecule has 1 aromatic heterocycles. The number of nitrogens with one attached hydrogen (secondary N) is 1. The van der Waals surface area contributed by atoms with Gasteiger partial charge in [0.05, 0.1) is 5.69 Å². The molecule has 20 heavy (non-hydrogen) atoms. The van der Waals surface area contributed by atoms with Gasteiger partial charge in [0.1, 0.15) is 0 Å². The summed E-state index contributed by atoms with van der Waals surface area (Å²) in [6.45, 7) is 3.89. The number of hydrogen-bond acceptors (Lipinski definition) is 4. The zero-order valence-electron chi connectivity index (χ0n) is 11.6. The molecule has 5 heteroatoms. The fourth-order valence-corrected chi connectivity index (χ4v) is 3.45. The zero-order valence-corrected chi connectivity index (χ0v) is 12.5. The SMILES string of the molecule is Cc1ccccc1C(=O)Nc1nc2c(s1)CN(C)CC2. The van der Waals surface area contributed by atoms with Crippen LogP contribution in [0.15, 0.2) is 24.3 Å². The first kappa shape index (κ1) is 13.3. The van der Waals surface area contributed by atoms with Crippen molar-refractivity contribution in [2.45, 2.75) is 19.9 Å². The van der Waals surface area contributed by atoms with Crippen molar-refractivity contribution in [1.29, 1.82) is 0 Å². The van der Waals surface area contributed by atoms with E-state index in [-0.39, 0.29) is 5.91 Å². The van der Waals surface area contributed by atoms with Crippen LogP contribution in [0.4, 0.5) is 5.13 Å². The highest BCUT2D eigenvalue weighted by molar-refractivity contribution is 7.15. The van der Waals surface area contributed by atoms with E-state index < -0.39 is 0 Å². The minimum atomic E-state index is -0.0810. The molecular formula is C15H17N3OS. The van der Waals surface area contributed by atoms with E-state index >= 15 is 0 Å². The van der Waals surface area contributed by atoms with Crippen molar-refractivity contribution >= 4 is 22.4 Å². The van der Waals surface area contributed by atoms with Gasteiger partial charge in [0, 0.05) is 30.0 Å². The van der Waals surface area contributed by atoms with Gasteiger partial charge >= 0.3 is 0 Å². The van der Waals surface area contributed by atoms with E-state index in [2.05, 4.69) is 22.2 Å². The van der Waals surface area contributed by atoms with Gasteiger partial charge in [-0.25, -0.2) is 4.98 Å². The number of carbonyl (C=O) groups excluding carboxylic acids is 1. The van der Waals surface area contributed by atoms with Crippen molar-refractivity contribution in [3.63, 3.8) is 0 Å². The molecule has 0 spiro atoms. The molecule has 1 aliphatic heterocycles. The number of anilines is 1. The standard InChI is InChI=1S/C15H17N3OS/c1-10-5-3-4-6-11(10)14(19)17-15-16-12-7-8-18(2)9-13(12)20-15/h3-6H,7-9H2,1-2H3,(H,16,17,19). The molecule has 0 radical (unpaired) electrons. The van der Waals surface area contributed by atoms with Crippen molar-refractivity contribution < 1.29 is 4.79 Å². The van der Waals surface area contributed by atoms with Crippen LogP contribution in [0.3, 0.4) is 0 Å². The normalized spacial score (nSPS) is 14.9. The zero-order chi connectivity index (χ0) is 14.1. The highest BCUT2D eigenvalue weighted by Crippen LogP contribution is 2.28. The summed E-state index contributed by atoms with van der Waals surface area (Å²) in [5, 5.41) is 3.63. The average Bonchev–Trinajstić information content (AvgIpc) is 2.80. The van der Waals surface area contributed by atoms with Crippen molar-refractivity contribution in [3.8, 4) is 0 Å². The Morgan fingerprint density at radius 1 is 1.40 bits per heavy atom. The number of hydrogen-bond donors (Lipinski definition) is 1. The van der Waals surface area contributed by atoms with Crippen LogP contribution in [0.2, 0.25) is 0 Å². The first-order chi connectivity index (χ1) is 9.63. The highest BCUT2D eigenvalue weighted by Gasteiger charge is 2.19. The van der Waals surface area contributed by atoms with Gasteiger partial charge in [0.2, 0.25) is 0 Å². The Morgan fingerprint density at radius 3 is 3.00 bits per heavy atom. The minimum Gasteiger partial charge on any atom is -0.301 e. The third-order valence-corrected chi connectivity index (χ3v) is 4.53. The molecule has 2 aromatic rings. The second-order valence-electron chi connectivity index (χ2n) is 5.15. The molecule has 0 fully saturated rings. The lowest BCUT2D eigenvalue weighted by atomic mass is 10.1. The van der Waals surface area contributed by atoms with Gasteiger partial charge < -0.3 is 4.90 Å². The van der Waals surface area contributed by atoms with E-state index in [4.69, 9.17) is 0 Å². The molecule has 1 aliphatic rings. The van der Waals surface area contributed by atoms with E-state index in [0.29, 0.717) is 10.7 Å². The molecule has 0 saturated heterocycles. The molecule has 0 bridgehead atoms. The van der Waals surface area contributed by atoms with Crippen LogP contribution >= 0.6 is 11.3 Å². The number of aromatic nitrogens is 1. The van der Waals surface area contributed by atoms with Crippen LogP contribution in [0.1, 0.15) is 26.5 Å². The van der Waals surface area contributed by atoms with Crippen molar-refractivity contribution in [2.75, 3.05) is 18.9 Å². The Kier molecular flexibility index (Phi) is 3.54. The Balaban J connectivity index is 1.79. The third kappa shape index (κ3) is 2.59. The first-order valence-corrected chi connectivity index (χ1v) is 7.49. The molecule has 1 N–H and O–H groups in total. The van der Waals surface area contributed by atoms with Crippen LogP contribution in [0, 0.1) is 6.92 Å². The van der Waals surface area contributed by atoms with Crippen LogP contribution in [0.25, 0.3) is 0 Å². The molecule has 1 aromatic carbocycles. The lowest BCUT2D eigenvalue weighted by Crippen LogP contribution is -2.25. The Bertz CT molecular complexity index is 650. The van der Waals surface area contributed by atoms with Gasteiger partial charge in [0.15, 0.2) is 5.13 Å². The third-order valence-electron chi connectivity index (χ3n) is 3.53. The van der Waals surface area contributed by atoms with Crippen molar-refractivity contribution in [1.82, 2.24) is 9.88 Å². The van der Waals surface area contributed by atoms with Crippen LogP contribution < -0.4 is 5.32 Å². The number of fused-ring (bicyclic) bond motifs is 1. The molecule has 4 nitrogen and oxygen atoms in total. The molecule has 0 saturated carbocycles. The van der Waals surface area contributed by atoms with E-state index in [1.807, 2.05) is 31.2 Å². The quantitative estimate of drug-likeness (QED) is 0.923. The molecule has 1 amide bonds. The molecule has 0 aliphatic carbocycles. The predicted molar refractivity (Wildman–Crippen MR) is 81.3 cm³/mol. The van der Waals surface area contributed by atoms with Gasteiger partial charge in [-0.15, -0.1) is 11.3 Å². The Labute approximate surface area is 122 Å². The minimum absolute atomic E-state index is 0.0810. The number of thiazole rings is 1. The molecular weight excluding hydrogens is 270 g/mol. The number of carbonyl (C=O) groups is 1. The summed E-state index contributed by atoms with van der Waals surface area (Å²) in [4.78, 5) is 20.3. The second kappa shape index (κ2) is 5.34. The lowest BCUT2D eigenvalue weighted by Gasteiger charge is -2.20. The fraction of sp³-hybridized carbons (Fsp3) is 0.333. The molecule has 3 rings (SSSR count). The molecule has 2 heterocycles. The fourth-order valence-electron chi connectivity index (χ4n) is 2.37. The summed E-state index contributed by atoms with van der Waals surface area (Å²) < 4.78 is 0. The Hall–Kier alpha value is -1.72. The molecule has 104 valence electrons. The van der Waals surface area contributed by atoms with Gasteiger partial charge in [-0.3, -0.25) is 10.1 Å². The number of benzene rings is 1. The van der Waals surface area contributed by atoms with Gasteiger partial charge in [-0.2, -0.15) is 0 Å². The number of likely N-dealkylation sites (N-methyl/N-ethyl adjacent to an activating group) is 1. The van der Waals surface area contributed by atoms with Crippen molar-refractivity contribution in [3.05, 3.63) is 46.0 Å². The van der Waals surface area contributed by atoms with E-state index in [1.165, 1.54) is 4.88 Å². The lowest BCUT2D eigenvalue weighted by molar-refractivity contribution is 0.102. The second-order valence-corrected chi connectivity index (χ2v) is 6.23. The largest absolute Gasteiger partial charge is 0.301 e. The molecule has 0 unspecified atom stereocenters. The van der Waals surface area contributed by atoms with E-state index in [9.17, 15) is 4.79 Å². The van der Waals surface area contributed by atoms with Gasteiger partial charge in [-0.05, 0) is 25.6 Å². The number of amides is 1. The summed E-state index contributed by atoms with van der Waals surface area (Å²) in [5.74, 6) is -0.0810. The van der Waals surface area contributed by atoms with E-state index in [0.717, 1.165) is 30.8 Å².